The van der Waals surface area contributed by atoms with Gasteiger partial charge in [-0.05, 0) is 44.1 Å². The molecule has 1 aromatic rings. The van der Waals surface area contributed by atoms with Crippen molar-refractivity contribution >= 4 is 40.0 Å². The van der Waals surface area contributed by atoms with Gasteiger partial charge < -0.3 is 10.1 Å². The minimum Gasteiger partial charge on any atom is -0.465 e. The molecular weight excluding hydrogens is 392 g/mol. The van der Waals surface area contributed by atoms with Crippen molar-refractivity contribution in [3.63, 3.8) is 0 Å². The number of imide groups is 1. The third kappa shape index (κ3) is 3.70. The van der Waals surface area contributed by atoms with Gasteiger partial charge in [-0.15, -0.1) is 11.3 Å². The fourth-order valence-electron chi connectivity index (χ4n) is 4.83. The molecule has 2 aliphatic carbocycles. The number of aryl methyl sites for hydroxylation is 1. The molecule has 0 radical (unpaired) electrons. The van der Waals surface area contributed by atoms with Gasteiger partial charge in [0.05, 0.1) is 24.5 Å². The van der Waals surface area contributed by atoms with Crippen LogP contribution < -0.4 is 5.32 Å². The Morgan fingerprint density at radius 2 is 1.72 bits per heavy atom. The molecule has 1 saturated heterocycles. The summed E-state index contributed by atoms with van der Waals surface area (Å²) in [6, 6.07) is 0. The molecule has 0 aromatic carbocycles. The van der Waals surface area contributed by atoms with E-state index in [-0.39, 0.29) is 42.5 Å². The summed E-state index contributed by atoms with van der Waals surface area (Å²) in [6.07, 6.45) is 7.32. The molecule has 1 saturated carbocycles. The van der Waals surface area contributed by atoms with Gasteiger partial charge in [-0.2, -0.15) is 0 Å². The number of methoxy groups -OCH3 is 1. The smallest absolute Gasteiger partial charge is 0.341 e. The monoisotopic (exact) mass is 418 g/mol. The third-order valence-corrected chi connectivity index (χ3v) is 7.52. The highest BCUT2D eigenvalue weighted by Gasteiger charge is 2.47. The topological polar surface area (TPSA) is 92.8 Å². The van der Waals surface area contributed by atoms with Crippen LogP contribution in [0.15, 0.2) is 0 Å². The lowest BCUT2D eigenvalue weighted by Gasteiger charge is -2.19. The number of likely N-dealkylation sites (tertiary alicyclic amines) is 1. The van der Waals surface area contributed by atoms with E-state index in [1.165, 1.54) is 23.3 Å². The molecule has 7 nitrogen and oxygen atoms in total. The van der Waals surface area contributed by atoms with Crippen LogP contribution >= 0.6 is 11.3 Å². The zero-order valence-corrected chi connectivity index (χ0v) is 17.4. The largest absolute Gasteiger partial charge is 0.465 e. The Morgan fingerprint density at radius 3 is 2.38 bits per heavy atom. The second-order valence-electron chi connectivity index (χ2n) is 8.03. The van der Waals surface area contributed by atoms with E-state index in [0.717, 1.165) is 61.8 Å². The summed E-state index contributed by atoms with van der Waals surface area (Å²) in [5, 5.41) is 3.34. The van der Waals surface area contributed by atoms with E-state index in [2.05, 4.69) is 5.32 Å². The molecule has 29 heavy (non-hydrogen) atoms. The van der Waals surface area contributed by atoms with E-state index in [4.69, 9.17) is 4.74 Å². The fraction of sp³-hybridized carbons (Fsp3) is 0.619. The quantitative estimate of drug-likeness (QED) is 0.586. The summed E-state index contributed by atoms with van der Waals surface area (Å²) in [4.78, 5) is 52.3. The lowest BCUT2D eigenvalue weighted by atomic mass is 9.81. The zero-order valence-electron chi connectivity index (χ0n) is 16.6. The maximum Gasteiger partial charge on any atom is 0.341 e. The number of hydrogen-bond acceptors (Lipinski definition) is 6. The number of carbonyl (C=O) groups excluding carboxylic acids is 4. The van der Waals surface area contributed by atoms with Crippen LogP contribution in [0.1, 0.15) is 65.7 Å². The molecule has 4 rings (SSSR count). The Labute approximate surface area is 173 Å². The third-order valence-electron chi connectivity index (χ3n) is 6.31. The summed E-state index contributed by atoms with van der Waals surface area (Å²) < 4.78 is 4.93. The maximum absolute atomic E-state index is 12.6. The lowest BCUT2D eigenvalue weighted by Crippen LogP contribution is -2.34. The number of rotatable bonds is 5. The first-order valence-corrected chi connectivity index (χ1v) is 11.2. The van der Waals surface area contributed by atoms with Crippen LogP contribution in [0.5, 0.6) is 0 Å². The number of thiophene rings is 1. The zero-order chi connectivity index (χ0) is 20.5. The van der Waals surface area contributed by atoms with Gasteiger partial charge >= 0.3 is 5.97 Å². The first kappa shape index (κ1) is 20.1. The van der Waals surface area contributed by atoms with E-state index in [1.807, 2.05) is 0 Å². The average Bonchev–Trinajstić information content (AvgIpc) is 3.21. The molecule has 2 heterocycles. The van der Waals surface area contributed by atoms with E-state index in [9.17, 15) is 19.2 Å². The summed E-state index contributed by atoms with van der Waals surface area (Å²) in [5.74, 6) is -1.40. The van der Waals surface area contributed by atoms with E-state index >= 15 is 0 Å². The normalized spacial score (nSPS) is 23.6. The number of hydrogen-bond donors (Lipinski definition) is 1. The Balaban J connectivity index is 1.43. The number of anilines is 1. The number of esters is 1. The molecule has 2 atom stereocenters. The van der Waals surface area contributed by atoms with Crippen LogP contribution in [0.3, 0.4) is 0 Å². The number of ether oxygens (including phenoxy) is 1. The van der Waals surface area contributed by atoms with Crippen molar-refractivity contribution < 1.29 is 23.9 Å². The predicted octanol–water partition coefficient (Wildman–Crippen LogP) is 2.92. The van der Waals surface area contributed by atoms with Crippen LogP contribution in [-0.4, -0.2) is 42.2 Å². The number of nitrogens with one attached hydrogen (secondary N) is 1. The Morgan fingerprint density at radius 1 is 1.07 bits per heavy atom. The number of nitrogens with zero attached hydrogens (tertiary/aromatic N) is 1. The Bertz CT molecular complexity index is 837. The molecule has 1 aromatic heterocycles. The van der Waals surface area contributed by atoms with Crippen molar-refractivity contribution in [1.82, 2.24) is 4.90 Å². The molecule has 3 aliphatic rings. The molecular formula is C21H26N2O5S. The van der Waals surface area contributed by atoms with Crippen LogP contribution in [0.25, 0.3) is 0 Å². The molecule has 2 unspecified atom stereocenters. The summed E-state index contributed by atoms with van der Waals surface area (Å²) in [5.41, 5.74) is 1.44. The van der Waals surface area contributed by atoms with Gasteiger partial charge in [-0.3, -0.25) is 19.3 Å². The highest BCUT2D eigenvalue weighted by atomic mass is 32.1. The molecule has 0 spiro atoms. The lowest BCUT2D eigenvalue weighted by molar-refractivity contribution is -0.140. The molecule has 1 aliphatic heterocycles. The SMILES string of the molecule is COC(=O)c1c(NC(=O)CCN2C(=O)C3CCCCC3C2=O)sc2c1CCCC2. The van der Waals surface area contributed by atoms with E-state index in [1.54, 1.807) is 0 Å². The second-order valence-corrected chi connectivity index (χ2v) is 9.14. The van der Waals surface area contributed by atoms with Gasteiger partial charge in [-0.1, -0.05) is 12.8 Å². The number of amides is 3. The molecule has 156 valence electrons. The molecule has 1 N–H and O–H groups in total. The van der Waals surface area contributed by atoms with Crippen molar-refractivity contribution in [2.24, 2.45) is 11.8 Å². The minimum atomic E-state index is -0.436. The first-order valence-electron chi connectivity index (χ1n) is 10.4. The van der Waals surface area contributed by atoms with E-state index in [0.29, 0.717) is 10.6 Å². The molecule has 2 fully saturated rings. The molecule has 3 amide bonds. The van der Waals surface area contributed by atoms with Crippen LogP contribution in [0.4, 0.5) is 5.00 Å². The van der Waals surface area contributed by atoms with Gasteiger partial charge in [0.15, 0.2) is 0 Å². The Hall–Kier alpha value is -2.22. The summed E-state index contributed by atoms with van der Waals surface area (Å²) >= 11 is 1.43. The van der Waals surface area contributed by atoms with Gasteiger partial charge in [0, 0.05) is 17.8 Å². The van der Waals surface area contributed by atoms with Crippen LogP contribution in [0, 0.1) is 11.8 Å². The van der Waals surface area contributed by atoms with Gasteiger partial charge in [0.25, 0.3) is 0 Å². The first-order chi connectivity index (χ1) is 14.0. The summed E-state index contributed by atoms with van der Waals surface area (Å²) in [7, 11) is 1.34. The average molecular weight is 419 g/mol. The van der Waals surface area contributed by atoms with Crippen LogP contribution in [0.2, 0.25) is 0 Å². The number of fused-ring (bicyclic) bond motifs is 2. The van der Waals surface area contributed by atoms with Gasteiger partial charge in [-0.25, -0.2) is 4.79 Å². The molecule has 8 heteroatoms. The van der Waals surface area contributed by atoms with Crippen molar-refractivity contribution in [1.29, 1.82) is 0 Å². The fourth-order valence-corrected chi connectivity index (χ4v) is 6.12. The van der Waals surface area contributed by atoms with Crippen molar-refractivity contribution in [2.75, 3.05) is 19.0 Å². The van der Waals surface area contributed by atoms with Crippen LogP contribution in [-0.2, 0) is 32.0 Å². The standard InChI is InChI=1S/C21H26N2O5S/c1-28-21(27)17-14-8-4-5-9-15(14)29-18(17)22-16(24)10-11-23-19(25)12-6-2-3-7-13(12)20(23)26/h12-13H,2-11H2,1H3,(H,22,24). The predicted molar refractivity (Wildman–Crippen MR) is 108 cm³/mol. The highest BCUT2D eigenvalue weighted by Crippen LogP contribution is 2.39. The van der Waals surface area contributed by atoms with Crippen molar-refractivity contribution in [2.45, 2.75) is 57.8 Å². The maximum atomic E-state index is 12.6. The van der Waals surface area contributed by atoms with Gasteiger partial charge in [0.2, 0.25) is 17.7 Å². The summed E-state index contributed by atoms with van der Waals surface area (Å²) in [6.45, 7) is 0.0924. The highest BCUT2D eigenvalue weighted by molar-refractivity contribution is 7.17. The molecule has 0 bridgehead atoms. The minimum absolute atomic E-state index is 0.0279. The number of carbonyl (C=O) groups is 4. The second kappa shape index (κ2) is 8.26. The Kier molecular flexibility index (Phi) is 5.72. The van der Waals surface area contributed by atoms with Gasteiger partial charge in [0.1, 0.15) is 5.00 Å². The van der Waals surface area contributed by atoms with Crippen molar-refractivity contribution in [3.8, 4) is 0 Å². The van der Waals surface area contributed by atoms with Crippen molar-refractivity contribution in [3.05, 3.63) is 16.0 Å². The van der Waals surface area contributed by atoms with E-state index < -0.39 is 5.97 Å².